The molecule has 0 aliphatic rings. The maximum atomic E-state index is 11.4. The maximum Gasteiger partial charge on any atom is 0.239 e. The molecule has 1 aromatic carbocycles. The van der Waals surface area contributed by atoms with Gasteiger partial charge in [0.25, 0.3) is 0 Å². The lowest BCUT2D eigenvalue weighted by Crippen LogP contribution is -2.32. The van der Waals surface area contributed by atoms with Crippen LogP contribution in [0, 0.1) is 17.2 Å². The largest absolute Gasteiger partial charge is 0.376 e. The summed E-state index contributed by atoms with van der Waals surface area (Å²) in [5, 5.41) is 14.5. The second-order valence-corrected chi connectivity index (χ2v) is 4.24. The third-order valence-corrected chi connectivity index (χ3v) is 2.15. The molecule has 1 aromatic rings. The molecule has 0 atom stereocenters. The molecular weight excluding hydrogens is 214 g/mol. The first-order chi connectivity index (χ1) is 8.11. The van der Waals surface area contributed by atoms with Crippen LogP contribution in [0.15, 0.2) is 24.3 Å². The SMILES string of the molecule is CC(C)CNC(=O)CNc1cccc(C#N)c1. The molecule has 0 aliphatic carbocycles. The first-order valence-electron chi connectivity index (χ1n) is 5.62. The molecule has 0 saturated carbocycles. The van der Waals surface area contributed by atoms with Crippen molar-refractivity contribution < 1.29 is 4.79 Å². The zero-order valence-corrected chi connectivity index (χ0v) is 10.2. The van der Waals surface area contributed by atoms with E-state index in [2.05, 4.69) is 16.7 Å². The highest BCUT2D eigenvalue weighted by molar-refractivity contribution is 5.80. The second-order valence-electron chi connectivity index (χ2n) is 4.24. The highest BCUT2D eigenvalue weighted by Crippen LogP contribution is 2.08. The molecule has 0 heterocycles. The van der Waals surface area contributed by atoms with Gasteiger partial charge in [0.1, 0.15) is 0 Å². The van der Waals surface area contributed by atoms with E-state index in [1.54, 1.807) is 18.2 Å². The van der Waals surface area contributed by atoms with Crippen LogP contribution in [0.4, 0.5) is 5.69 Å². The molecule has 0 saturated heterocycles. The van der Waals surface area contributed by atoms with Gasteiger partial charge in [-0.25, -0.2) is 0 Å². The zero-order chi connectivity index (χ0) is 12.7. The topological polar surface area (TPSA) is 64.9 Å². The van der Waals surface area contributed by atoms with Crippen molar-refractivity contribution in [3.63, 3.8) is 0 Å². The first kappa shape index (κ1) is 13.0. The Morgan fingerprint density at radius 1 is 1.47 bits per heavy atom. The number of hydrogen-bond donors (Lipinski definition) is 2. The molecule has 90 valence electrons. The number of nitrogens with zero attached hydrogens (tertiary/aromatic N) is 1. The third kappa shape index (κ3) is 5.03. The van der Waals surface area contributed by atoms with E-state index < -0.39 is 0 Å². The summed E-state index contributed by atoms with van der Waals surface area (Å²) < 4.78 is 0. The number of amides is 1. The fourth-order valence-corrected chi connectivity index (χ4v) is 1.26. The number of nitrogens with one attached hydrogen (secondary N) is 2. The lowest BCUT2D eigenvalue weighted by Gasteiger charge is -2.09. The molecule has 0 aliphatic heterocycles. The molecule has 0 fully saturated rings. The van der Waals surface area contributed by atoms with Crippen LogP contribution in [0.5, 0.6) is 0 Å². The standard InChI is InChI=1S/C13H17N3O/c1-10(2)8-16-13(17)9-15-12-5-3-4-11(6-12)7-14/h3-6,10,15H,8-9H2,1-2H3,(H,16,17). The normalized spacial score (nSPS) is 9.76. The molecule has 1 rings (SSSR count). The van der Waals surface area contributed by atoms with Crippen molar-refractivity contribution in [3.05, 3.63) is 29.8 Å². The molecular formula is C13H17N3O. The van der Waals surface area contributed by atoms with E-state index in [1.165, 1.54) is 0 Å². The Labute approximate surface area is 102 Å². The van der Waals surface area contributed by atoms with Gasteiger partial charge in [-0.3, -0.25) is 4.79 Å². The van der Waals surface area contributed by atoms with Crippen LogP contribution in [-0.4, -0.2) is 19.0 Å². The zero-order valence-electron chi connectivity index (χ0n) is 10.2. The molecule has 17 heavy (non-hydrogen) atoms. The van der Waals surface area contributed by atoms with E-state index in [-0.39, 0.29) is 12.5 Å². The molecule has 0 aromatic heterocycles. The van der Waals surface area contributed by atoms with Gasteiger partial charge in [0.15, 0.2) is 0 Å². The number of nitriles is 1. The summed E-state index contributed by atoms with van der Waals surface area (Å²) in [7, 11) is 0. The van der Waals surface area contributed by atoms with Crippen LogP contribution in [0.25, 0.3) is 0 Å². The Morgan fingerprint density at radius 2 is 2.24 bits per heavy atom. The van der Waals surface area contributed by atoms with Crippen LogP contribution in [0.2, 0.25) is 0 Å². The fourth-order valence-electron chi connectivity index (χ4n) is 1.26. The van der Waals surface area contributed by atoms with E-state index in [4.69, 9.17) is 5.26 Å². The minimum atomic E-state index is -0.0407. The minimum Gasteiger partial charge on any atom is -0.376 e. The Bertz CT molecular complexity index is 421. The molecule has 1 amide bonds. The van der Waals surface area contributed by atoms with Crippen molar-refractivity contribution in [3.8, 4) is 6.07 Å². The minimum absolute atomic E-state index is 0.0407. The average Bonchev–Trinajstić information content (AvgIpc) is 2.34. The van der Waals surface area contributed by atoms with Crippen LogP contribution in [-0.2, 0) is 4.79 Å². The Hall–Kier alpha value is -2.02. The summed E-state index contributed by atoms with van der Waals surface area (Å²) in [5.41, 5.74) is 1.36. The van der Waals surface area contributed by atoms with Crippen LogP contribution in [0.1, 0.15) is 19.4 Å². The van der Waals surface area contributed by atoms with E-state index in [1.807, 2.05) is 19.9 Å². The van der Waals surface area contributed by atoms with Gasteiger partial charge < -0.3 is 10.6 Å². The Kier molecular flexibility index (Phi) is 5.02. The number of hydrogen-bond acceptors (Lipinski definition) is 3. The van der Waals surface area contributed by atoms with Crippen molar-refractivity contribution >= 4 is 11.6 Å². The molecule has 4 heteroatoms. The van der Waals surface area contributed by atoms with Crippen LogP contribution < -0.4 is 10.6 Å². The van der Waals surface area contributed by atoms with Crippen LogP contribution in [0.3, 0.4) is 0 Å². The summed E-state index contributed by atoms with van der Waals surface area (Å²) in [5.74, 6) is 0.405. The average molecular weight is 231 g/mol. The number of carbonyl (C=O) groups excluding carboxylic acids is 1. The summed E-state index contributed by atoms with van der Waals surface area (Å²) in [6.07, 6.45) is 0. The summed E-state index contributed by atoms with van der Waals surface area (Å²) >= 11 is 0. The predicted octanol–water partition coefficient (Wildman–Crippen LogP) is 1.74. The molecule has 0 unspecified atom stereocenters. The fraction of sp³-hybridized carbons (Fsp3) is 0.385. The van der Waals surface area contributed by atoms with E-state index in [0.29, 0.717) is 18.0 Å². The van der Waals surface area contributed by atoms with E-state index >= 15 is 0 Å². The van der Waals surface area contributed by atoms with Crippen molar-refractivity contribution in [1.82, 2.24) is 5.32 Å². The number of anilines is 1. The Morgan fingerprint density at radius 3 is 2.88 bits per heavy atom. The van der Waals surface area contributed by atoms with Gasteiger partial charge >= 0.3 is 0 Å². The monoisotopic (exact) mass is 231 g/mol. The number of benzene rings is 1. The number of carbonyl (C=O) groups is 1. The molecule has 0 spiro atoms. The highest BCUT2D eigenvalue weighted by Gasteiger charge is 2.02. The van der Waals surface area contributed by atoms with Gasteiger partial charge in [-0.1, -0.05) is 19.9 Å². The summed E-state index contributed by atoms with van der Waals surface area (Å²) in [6, 6.07) is 9.11. The molecule has 0 radical (unpaired) electrons. The number of rotatable bonds is 5. The highest BCUT2D eigenvalue weighted by atomic mass is 16.1. The van der Waals surface area contributed by atoms with Gasteiger partial charge in [0, 0.05) is 12.2 Å². The lowest BCUT2D eigenvalue weighted by atomic mass is 10.2. The Balaban J connectivity index is 2.40. The predicted molar refractivity (Wildman–Crippen MR) is 67.5 cm³/mol. The van der Waals surface area contributed by atoms with Gasteiger partial charge in [0.05, 0.1) is 18.2 Å². The summed E-state index contributed by atoms with van der Waals surface area (Å²) in [6.45, 7) is 4.99. The first-order valence-corrected chi connectivity index (χ1v) is 5.62. The quantitative estimate of drug-likeness (QED) is 0.811. The molecule has 0 bridgehead atoms. The van der Waals surface area contributed by atoms with Gasteiger partial charge in [-0.2, -0.15) is 5.26 Å². The third-order valence-electron chi connectivity index (χ3n) is 2.15. The molecule has 4 nitrogen and oxygen atoms in total. The summed E-state index contributed by atoms with van der Waals surface area (Å²) in [4.78, 5) is 11.4. The van der Waals surface area contributed by atoms with E-state index in [9.17, 15) is 4.79 Å². The smallest absolute Gasteiger partial charge is 0.239 e. The van der Waals surface area contributed by atoms with Crippen molar-refractivity contribution in [2.75, 3.05) is 18.4 Å². The van der Waals surface area contributed by atoms with Crippen molar-refractivity contribution in [1.29, 1.82) is 5.26 Å². The van der Waals surface area contributed by atoms with Crippen molar-refractivity contribution in [2.45, 2.75) is 13.8 Å². The van der Waals surface area contributed by atoms with Gasteiger partial charge in [0.2, 0.25) is 5.91 Å². The van der Waals surface area contributed by atoms with E-state index in [0.717, 1.165) is 5.69 Å². The maximum absolute atomic E-state index is 11.4. The van der Waals surface area contributed by atoms with Crippen LogP contribution >= 0.6 is 0 Å². The van der Waals surface area contributed by atoms with Crippen molar-refractivity contribution in [2.24, 2.45) is 5.92 Å². The van der Waals surface area contributed by atoms with Gasteiger partial charge in [-0.05, 0) is 24.1 Å². The molecule has 2 N–H and O–H groups in total. The lowest BCUT2D eigenvalue weighted by molar-refractivity contribution is -0.119. The second kappa shape index (κ2) is 6.54. The van der Waals surface area contributed by atoms with Gasteiger partial charge in [-0.15, -0.1) is 0 Å².